The van der Waals surface area contributed by atoms with E-state index in [1.807, 2.05) is 26.0 Å². The molecule has 1 atom stereocenters. The van der Waals surface area contributed by atoms with Gasteiger partial charge in [0.05, 0.1) is 18.2 Å². The minimum absolute atomic E-state index is 0.0531. The van der Waals surface area contributed by atoms with Crippen molar-refractivity contribution in [3.8, 4) is 0 Å². The van der Waals surface area contributed by atoms with Crippen LogP contribution in [0.1, 0.15) is 26.3 Å². The van der Waals surface area contributed by atoms with Gasteiger partial charge in [-0.3, -0.25) is 4.79 Å². The standard InChI is InChI=1S/C15H22N2O2/c1-11(18)15(2,3)16-14(19)10-17-9-8-12-6-4-5-7-13(12)17/h4-7,11,18H,8-10H2,1-3H3,(H,16,19)/t11-/m1/s1. The van der Waals surface area contributed by atoms with Gasteiger partial charge in [-0.15, -0.1) is 0 Å². The molecule has 1 aliphatic heterocycles. The van der Waals surface area contributed by atoms with Crippen molar-refractivity contribution in [3.63, 3.8) is 0 Å². The summed E-state index contributed by atoms with van der Waals surface area (Å²) in [5.74, 6) is -0.0531. The predicted octanol–water partition coefficient (Wildman–Crippen LogP) is 1.32. The lowest BCUT2D eigenvalue weighted by Gasteiger charge is -2.30. The molecule has 0 aromatic heterocycles. The molecule has 0 saturated heterocycles. The Morgan fingerprint density at radius 2 is 2.16 bits per heavy atom. The molecule has 0 aliphatic carbocycles. The van der Waals surface area contributed by atoms with E-state index in [4.69, 9.17) is 0 Å². The number of nitrogens with one attached hydrogen (secondary N) is 1. The van der Waals surface area contributed by atoms with Gasteiger partial charge >= 0.3 is 0 Å². The Kier molecular flexibility index (Phi) is 3.80. The number of rotatable bonds is 4. The van der Waals surface area contributed by atoms with Gasteiger partial charge < -0.3 is 15.3 Å². The first-order valence-electron chi connectivity index (χ1n) is 6.72. The topological polar surface area (TPSA) is 52.6 Å². The summed E-state index contributed by atoms with van der Waals surface area (Å²) in [7, 11) is 0. The van der Waals surface area contributed by atoms with Crippen molar-refractivity contribution in [2.45, 2.75) is 38.8 Å². The fourth-order valence-electron chi connectivity index (χ4n) is 2.25. The van der Waals surface area contributed by atoms with Crippen molar-refractivity contribution in [3.05, 3.63) is 29.8 Å². The SMILES string of the molecule is C[C@@H](O)C(C)(C)NC(=O)CN1CCc2ccccc21. The van der Waals surface area contributed by atoms with Crippen LogP contribution in [0.3, 0.4) is 0 Å². The molecule has 4 heteroatoms. The van der Waals surface area contributed by atoms with Crippen LogP contribution in [0, 0.1) is 0 Å². The Hall–Kier alpha value is -1.55. The van der Waals surface area contributed by atoms with Gasteiger partial charge in [-0.1, -0.05) is 18.2 Å². The molecule has 1 heterocycles. The molecule has 2 rings (SSSR count). The number of hydrogen-bond acceptors (Lipinski definition) is 3. The van der Waals surface area contributed by atoms with Gasteiger partial charge in [0.2, 0.25) is 5.91 Å². The number of benzene rings is 1. The number of hydrogen-bond donors (Lipinski definition) is 2. The molecule has 0 radical (unpaired) electrons. The van der Waals surface area contributed by atoms with Crippen molar-refractivity contribution < 1.29 is 9.90 Å². The smallest absolute Gasteiger partial charge is 0.240 e. The van der Waals surface area contributed by atoms with Crippen molar-refractivity contribution in [1.29, 1.82) is 0 Å². The van der Waals surface area contributed by atoms with E-state index >= 15 is 0 Å². The lowest BCUT2D eigenvalue weighted by molar-refractivity contribution is -0.122. The second-order valence-corrected chi connectivity index (χ2v) is 5.75. The molecular weight excluding hydrogens is 240 g/mol. The Labute approximate surface area is 114 Å². The first-order chi connectivity index (χ1) is 8.90. The number of anilines is 1. The maximum Gasteiger partial charge on any atom is 0.240 e. The van der Waals surface area contributed by atoms with Crippen molar-refractivity contribution in [2.24, 2.45) is 0 Å². The van der Waals surface area contributed by atoms with Crippen LogP contribution in [0.15, 0.2) is 24.3 Å². The Morgan fingerprint density at radius 3 is 2.84 bits per heavy atom. The maximum atomic E-state index is 12.1. The van der Waals surface area contributed by atoms with Gasteiger partial charge in [-0.05, 0) is 38.8 Å². The van der Waals surface area contributed by atoms with Crippen molar-refractivity contribution in [2.75, 3.05) is 18.0 Å². The van der Waals surface area contributed by atoms with Gasteiger partial charge in [0.15, 0.2) is 0 Å². The molecular formula is C15H22N2O2. The summed E-state index contributed by atoms with van der Waals surface area (Å²) in [5, 5.41) is 12.5. The van der Waals surface area contributed by atoms with Crippen LogP contribution in [0.4, 0.5) is 5.69 Å². The van der Waals surface area contributed by atoms with Crippen LogP contribution in [-0.4, -0.2) is 35.7 Å². The summed E-state index contributed by atoms with van der Waals surface area (Å²) >= 11 is 0. The number of fused-ring (bicyclic) bond motifs is 1. The summed E-state index contributed by atoms with van der Waals surface area (Å²) in [4.78, 5) is 14.2. The quantitative estimate of drug-likeness (QED) is 0.860. The summed E-state index contributed by atoms with van der Waals surface area (Å²) < 4.78 is 0. The molecule has 4 nitrogen and oxygen atoms in total. The van der Waals surface area contributed by atoms with E-state index in [1.54, 1.807) is 6.92 Å². The third-order valence-electron chi connectivity index (χ3n) is 3.82. The van der Waals surface area contributed by atoms with Gasteiger partial charge in [0.1, 0.15) is 0 Å². The minimum atomic E-state index is -0.601. The third kappa shape index (κ3) is 3.07. The summed E-state index contributed by atoms with van der Waals surface area (Å²) in [6, 6.07) is 8.18. The number of amides is 1. The molecule has 0 fully saturated rings. The lowest BCUT2D eigenvalue weighted by Crippen LogP contribution is -2.53. The number of carbonyl (C=O) groups excluding carboxylic acids is 1. The van der Waals surface area contributed by atoms with Gasteiger partial charge in [0, 0.05) is 12.2 Å². The molecule has 19 heavy (non-hydrogen) atoms. The zero-order valence-corrected chi connectivity index (χ0v) is 11.8. The van der Waals surface area contributed by atoms with E-state index in [0.717, 1.165) is 18.7 Å². The van der Waals surface area contributed by atoms with E-state index in [2.05, 4.69) is 22.3 Å². The van der Waals surface area contributed by atoms with E-state index < -0.39 is 11.6 Å². The lowest BCUT2D eigenvalue weighted by atomic mass is 9.99. The summed E-state index contributed by atoms with van der Waals surface area (Å²) in [6.45, 7) is 6.56. The zero-order valence-electron chi connectivity index (χ0n) is 11.8. The maximum absolute atomic E-state index is 12.1. The van der Waals surface area contributed by atoms with Crippen LogP contribution in [0.5, 0.6) is 0 Å². The Morgan fingerprint density at radius 1 is 1.47 bits per heavy atom. The summed E-state index contributed by atoms with van der Waals surface area (Å²) in [5.41, 5.74) is 1.84. The van der Waals surface area contributed by atoms with E-state index in [1.165, 1.54) is 5.56 Å². The molecule has 1 aromatic carbocycles. The van der Waals surface area contributed by atoms with E-state index in [-0.39, 0.29) is 5.91 Å². The Bertz CT molecular complexity index is 469. The normalized spacial score (nSPS) is 16.1. The third-order valence-corrected chi connectivity index (χ3v) is 3.82. The number of aliphatic hydroxyl groups is 1. The Balaban J connectivity index is 1.98. The number of aliphatic hydroxyl groups excluding tert-OH is 1. The van der Waals surface area contributed by atoms with E-state index in [0.29, 0.717) is 6.54 Å². The van der Waals surface area contributed by atoms with Crippen molar-refractivity contribution >= 4 is 11.6 Å². The molecule has 104 valence electrons. The summed E-state index contributed by atoms with van der Waals surface area (Å²) in [6.07, 6.45) is 0.408. The average molecular weight is 262 g/mol. The molecule has 1 amide bonds. The fraction of sp³-hybridized carbons (Fsp3) is 0.533. The molecule has 1 aromatic rings. The monoisotopic (exact) mass is 262 g/mol. The molecule has 2 N–H and O–H groups in total. The molecule has 0 unspecified atom stereocenters. The minimum Gasteiger partial charge on any atom is -0.391 e. The highest BCUT2D eigenvalue weighted by Gasteiger charge is 2.28. The highest BCUT2D eigenvalue weighted by Crippen LogP contribution is 2.26. The fourth-order valence-corrected chi connectivity index (χ4v) is 2.25. The van der Waals surface area contributed by atoms with Gasteiger partial charge in [-0.25, -0.2) is 0 Å². The first kappa shape index (κ1) is 13.9. The van der Waals surface area contributed by atoms with Crippen LogP contribution < -0.4 is 10.2 Å². The van der Waals surface area contributed by atoms with Gasteiger partial charge in [0.25, 0.3) is 0 Å². The largest absolute Gasteiger partial charge is 0.391 e. The molecule has 0 saturated carbocycles. The molecule has 1 aliphatic rings. The molecule has 0 bridgehead atoms. The highest BCUT2D eigenvalue weighted by atomic mass is 16.3. The van der Waals surface area contributed by atoms with Crippen LogP contribution >= 0.6 is 0 Å². The predicted molar refractivity (Wildman–Crippen MR) is 76.3 cm³/mol. The second kappa shape index (κ2) is 5.21. The van der Waals surface area contributed by atoms with Crippen LogP contribution in [0.25, 0.3) is 0 Å². The van der Waals surface area contributed by atoms with Crippen LogP contribution in [0.2, 0.25) is 0 Å². The number of nitrogens with zero attached hydrogens (tertiary/aromatic N) is 1. The van der Waals surface area contributed by atoms with Crippen LogP contribution in [-0.2, 0) is 11.2 Å². The first-order valence-corrected chi connectivity index (χ1v) is 6.72. The zero-order chi connectivity index (χ0) is 14.0. The van der Waals surface area contributed by atoms with E-state index in [9.17, 15) is 9.90 Å². The highest BCUT2D eigenvalue weighted by molar-refractivity contribution is 5.83. The van der Waals surface area contributed by atoms with Crippen molar-refractivity contribution in [1.82, 2.24) is 5.32 Å². The second-order valence-electron chi connectivity index (χ2n) is 5.75. The average Bonchev–Trinajstić information content (AvgIpc) is 2.72. The van der Waals surface area contributed by atoms with Gasteiger partial charge in [-0.2, -0.15) is 0 Å². The number of carbonyl (C=O) groups is 1. The molecule has 0 spiro atoms. The number of para-hydroxylation sites is 1.